The predicted molar refractivity (Wildman–Crippen MR) is 65.2 cm³/mol. The van der Waals surface area contributed by atoms with Gasteiger partial charge in [0.15, 0.2) is 0 Å². The fourth-order valence-corrected chi connectivity index (χ4v) is 3.44. The number of nitrogens with zero attached hydrogens (tertiary/aromatic N) is 1. The molecule has 0 radical (unpaired) electrons. The Hall–Kier alpha value is -0.720. The summed E-state index contributed by atoms with van der Waals surface area (Å²) in [5.41, 5.74) is 0.545. The molecule has 0 bridgehead atoms. The third-order valence-electron chi connectivity index (χ3n) is 2.81. The van der Waals surface area contributed by atoms with Crippen LogP contribution in [0.1, 0.15) is 18.4 Å². The Morgan fingerprint density at radius 3 is 3.00 bits per heavy atom. The van der Waals surface area contributed by atoms with Gasteiger partial charge in [0.2, 0.25) is 0 Å². The van der Waals surface area contributed by atoms with Crippen molar-refractivity contribution in [1.29, 1.82) is 5.26 Å². The molecule has 1 fully saturated rings. The van der Waals surface area contributed by atoms with E-state index in [4.69, 9.17) is 11.6 Å². The smallest absolute Gasteiger partial charge is 0.145 e. The summed E-state index contributed by atoms with van der Waals surface area (Å²) in [6.45, 7) is 0. The maximum absolute atomic E-state index is 13.7. The first-order chi connectivity index (χ1) is 7.67. The lowest BCUT2D eigenvalue weighted by atomic mass is 9.95. The van der Waals surface area contributed by atoms with Gasteiger partial charge in [-0.2, -0.15) is 5.26 Å². The lowest BCUT2D eigenvalue weighted by Crippen LogP contribution is -2.22. The monoisotopic (exact) mass is 255 g/mol. The van der Waals surface area contributed by atoms with Crippen LogP contribution in [0.5, 0.6) is 0 Å². The molecule has 2 rings (SSSR count). The molecule has 4 heteroatoms. The predicted octanol–water partition coefficient (Wildman–Crippen LogP) is 3.81. The zero-order chi connectivity index (χ0) is 11.6. The molecule has 0 saturated carbocycles. The van der Waals surface area contributed by atoms with Crippen LogP contribution >= 0.6 is 23.4 Å². The van der Waals surface area contributed by atoms with E-state index in [1.165, 1.54) is 6.07 Å². The van der Waals surface area contributed by atoms with Gasteiger partial charge in [-0.1, -0.05) is 23.7 Å². The minimum Gasteiger partial charge on any atom is -0.205 e. The highest BCUT2D eigenvalue weighted by Gasteiger charge is 2.35. The average Bonchev–Trinajstić information content (AvgIpc) is 2.74. The second-order valence-electron chi connectivity index (χ2n) is 3.95. The van der Waals surface area contributed by atoms with Crippen LogP contribution in [0.3, 0.4) is 0 Å². The summed E-state index contributed by atoms with van der Waals surface area (Å²) in [5.74, 6) is 0.599. The first kappa shape index (κ1) is 11.8. The molecule has 0 aliphatic carbocycles. The van der Waals surface area contributed by atoms with Crippen LogP contribution in [-0.2, 0) is 6.42 Å². The molecular weight excluding hydrogens is 245 g/mol. The van der Waals surface area contributed by atoms with Crippen molar-refractivity contribution in [2.24, 2.45) is 0 Å². The third kappa shape index (κ3) is 2.18. The molecule has 84 valence electrons. The van der Waals surface area contributed by atoms with Crippen molar-refractivity contribution in [2.75, 3.05) is 5.75 Å². The van der Waals surface area contributed by atoms with E-state index in [9.17, 15) is 9.65 Å². The molecule has 1 aliphatic heterocycles. The van der Waals surface area contributed by atoms with Gasteiger partial charge < -0.3 is 0 Å². The molecule has 1 aromatic carbocycles. The quantitative estimate of drug-likeness (QED) is 0.802. The normalized spacial score (nSPS) is 24.3. The summed E-state index contributed by atoms with van der Waals surface area (Å²) in [5, 5.41) is 9.34. The molecule has 0 spiro atoms. The summed E-state index contributed by atoms with van der Waals surface area (Å²) in [7, 11) is 0. The Morgan fingerprint density at radius 2 is 2.38 bits per heavy atom. The van der Waals surface area contributed by atoms with E-state index in [-0.39, 0.29) is 10.8 Å². The van der Waals surface area contributed by atoms with Gasteiger partial charge in [0.25, 0.3) is 0 Å². The molecule has 1 aromatic rings. The largest absolute Gasteiger partial charge is 0.205 e. The number of thioether (sulfide) groups is 1. The molecule has 0 N–H and O–H groups in total. The SMILES string of the molecule is N#CC1(Cc2cccc(Cl)c2F)CCCS1. The summed E-state index contributed by atoms with van der Waals surface area (Å²) in [6, 6.07) is 7.29. The van der Waals surface area contributed by atoms with Crippen molar-refractivity contribution in [2.45, 2.75) is 24.0 Å². The Morgan fingerprint density at radius 1 is 1.56 bits per heavy atom. The molecule has 1 heterocycles. The number of benzene rings is 1. The maximum Gasteiger partial charge on any atom is 0.145 e. The Kier molecular flexibility index (Phi) is 3.41. The number of hydrogen-bond donors (Lipinski definition) is 0. The summed E-state index contributed by atoms with van der Waals surface area (Å²) in [4.78, 5) is 0. The van der Waals surface area contributed by atoms with Crippen molar-refractivity contribution < 1.29 is 4.39 Å². The fourth-order valence-electron chi connectivity index (χ4n) is 1.96. The van der Waals surface area contributed by atoms with Gasteiger partial charge in [-0.05, 0) is 30.2 Å². The van der Waals surface area contributed by atoms with Crippen LogP contribution in [0, 0.1) is 17.1 Å². The topological polar surface area (TPSA) is 23.8 Å². The van der Waals surface area contributed by atoms with Crippen LogP contribution in [0.25, 0.3) is 0 Å². The molecular formula is C12H11ClFNS. The Balaban J connectivity index is 2.27. The minimum absolute atomic E-state index is 0.133. The molecule has 16 heavy (non-hydrogen) atoms. The molecule has 1 saturated heterocycles. The highest BCUT2D eigenvalue weighted by atomic mass is 35.5. The average molecular weight is 256 g/mol. The first-order valence-corrected chi connectivity index (χ1v) is 6.51. The van der Waals surface area contributed by atoms with Crippen molar-refractivity contribution >= 4 is 23.4 Å². The summed E-state index contributed by atoms with van der Waals surface area (Å²) < 4.78 is 13.3. The molecule has 1 nitrogen and oxygen atoms in total. The van der Waals surface area contributed by atoms with E-state index in [0.717, 1.165) is 18.6 Å². The zero-order valence-electron chi connectivity index (χ0n) is 8.67. The molecule has 0 aromatic heterocycles. The Labute approximate surface area is 104 Å². The van der Waals surface area contributed by atoms with Crippen molar-refractivity contribution in [3.05, 3.63) is 34.6 Å². The van der Waals surface area contributed by atoms with Gasteiger partial charge in [-0.25, -0.2) is 4.39 Å². The van der Waals surface area contributed by atoms with E-state index in [0.29, 0.717) is 12.0 Å². The van der Waals surface area contributed by atoms with Crippen LogP contribution in [0.4, 0.5) is 4.39 Å². The summed E-state index contributed by atoms with van der Waals surface area (Å²) >= 11 is 7.35. The van der Waals surface area contributed by atoms with Gasteiger partial charge >= 0.3 is 0 Å². The van der Waals surface area contributed by atoms with E-state index in [1.54, 1.807) is 23.9 Å². The van der Waals surface area contributed by atoms with Crippen molar-refractivity contribution in [1.82, 2.24) is 0 Å². The maximum atomic E-state index is 13.7. The third-order valence-corrected chi connectivity index (χ3v) is 4.59. The number of nitriles is 1. The Bertz CT molecular complexity index is 435. The summed E-state index contributed by atoms with van der Waals surface area (Å²) in [6.07, 6.45) is 2.31. The number of hydrogen-bond acceptors (Lipinski definition) is 2. The van der Waals surface area contributed by atoms with E-state index >= 15 is 0 Å². The second kappa shape index (κ2) is 4.65. The lowest BCUT2D eigenvalue weighted by Gasteiger charge is -2.19. The molecule has 1 atom stereocenters. The molecule has 1 unspecified atom stereocenters. The molecule has 1 aliphatic rings. The van der Waals surface area contributed by atoms with Gasteiger partial charge in [-0.15, -0.1) is 11.8 Å². The van der Waals surface area contributed by atoms with Gasteiger partial charge in [0, 0.05) is 6.42 Å². The van der Waals surface area contributed by atoms with E-state index in [1.807, 2.05) is 0 Å². The van der Waals surface area contributed by atoms with E-state index in [2.05, 4.69) is 6.07 Å². The second-order valence-corrected chi connectivity index (χ2v) is 5.83. The standard InChI is InChI=1S/C12H11ClFNS/c13-10-4-1-3-9(11(10)14)7-12(8-15)5-2-6-16-12/h1,3-4H,2,5-7H2. The minimum atomic E-state index is -0.453. The van der Waals surface area contributed by atoms with Crippen molar-refractivity contribution in [3.63, 3.8) is 0 Å². The first-order valence-electron chi connectivity index (χ1n) is 5.15. The molecule has 0 amide bonds. The van der Waals surface area contributed by atoms with Crippen LogP contribution in [-0.4, -0.2) is 10.5 Å². The number of halogens is 2. The highest BCUT2D eigenvalue weighted by molar-refractivity contribution is 8.01. The highest BCUT2D eigenvalue weighted by Crippen LogP contribution is 2.40. The zero-order valence-corrected chi connectivity index (χ0v) is 10.2. The van der Waals surface area contributed by atoms with Gasteiger partial charge in [0.1, 0.15) is 10.6 Å². The number of rotatable bonds is 2. The van der Waals surface area contributed by atoms with Gasteiger partial charge in [0.05, 0.1) is 11.1 Å². The van der Waals surface area contributed by atoms with Crippen LogP contribution in [0.15, 0.2) is 18.2 Å². The van der Waals surface area contributed by atoms with Crippen molar-refractivity contribution in [3.8, 4) is 6.07 Å². The van der Waals surface area contributed by atoms with Gasteiger partial charge in [-0.3, -0.25) is 0 Å². The van der Waals surface area contributed by atoms with Crippen LogP contribution in [0.2, 0.25) is 5.02 Å². The van der Waals surface area contributed by atoms with Crippen LogP contribution < -0.4 is 0 Å². The fraction of sp³-hybridized carbons (Fsp3) is 0.417. The van der Waals surface area contributed by atoms with E-state index < -0.39 is 4.75 Å². The lowest BCUT2D eigenvalue weighted by molar-refractivity contribution is 0.588.